The fraction of sp³-hybridized carbons (Fsp3) is 0.800. The minimum absolute atomic E-state index is 0.121. The smallest absolute Gasteiger partial charge is 0.0959 e. The van der Waals surface area contributed by atoms with Crippen molar-refractivity contribution in [3.8, 4) is 6.07 Å². The highest BCUT2D eigenvalue weighted by atomic mass is 35.5. The molecule has 1 aliphatic rings. The average molecular weight is 254 g/mol. The Morgan fingerprint density at radius 3 is 2.35 bits per heavy atom. The van der Waals surface area contributed by atoms with Gasteiger partial charge in [0.05, 0.1) is 6.07 Å². The normalized spacial score (nSPS) is 20.2. The first-order valence-electron chi connectivity index (χ1n) is 6.85. The van der Waals surface area contributed by atoms with Crippen LogP contribution in [0.4, 0.5) is 0 Å². The third kappa shape index (κ3) is 3.49. The van der Waals surface area contributed by atoms with E-state index in [1.54, 1.807) is 0 Å². The summed E-state index contributed by atoms with van der Waals surface area (Å²) in [5, 5.41) is 10.1. The molecule has 2 heteroatoms. The van der Waals surface area contributed by atoms with Gasteiger partial charge in [-0.3, -0.25) is 0 Å². The highest BCUT2D eigenvalue weighted by Crippen LogP contribution is 2.51. The predicted molar refractivity (Wildman–Crippen MR) is 73.8 cm³/mol. The molecular weight excluding hydrogens is 230 g/mol. The highest BCUT2D eigenvalue weighted by Gasteiger charge is 2.38. The molecule has 0 unspecified atom stereocenters. The predicted octanol–water partition coefficient (Wildman–Crippen LogP) is 5.41. The van der Waals surface area contributed by atoms with Gasteiger partial charge in [-0.1, -0.05) is 51.6 Å². The van der Waals surface area contributed by atoms with Gasteiger partial charge in [0.1, 0.15) is 0 Å². The first-order chi connectivity index (χ1) is 8.05. The van der Waals surface area contributed by atoms with Crippen molar-refractivity contribution in [1.82, 2.24) is 0 Å². The molecule has 0 atom stereocenters. The number of nitriles is 1. The summed E-state index contributed by atoms with van der Waals surface area (Å²) >= 11 is 6.59. The quantitative estimate of drug-likeness (QED) is 0.601. The van der Waals surface area contributed by atoms with E-state index in [1.807, 2.05) is 0 Å². The van der Waals surface area contributed by atoms with Crippen LogP contribution < -0.4 is 0 Å². The molecule has 17 heavy (non-hydrogen) atoms. The molecule has 1 nitrogen and oxygen atoms in total. The van der Waals surface area contributed by atoms with Crippen LogP contribution in [0.2, 0.25) is 0 Å². The standard InChI is InChI=1S/C15H24ClN/c1-4-7-13(11-17)14(16)15(10-12(2)3)8-5-6-9-15/h12H,4-10H2,1-3H3. The number of hydrogen-bond acceptors (Lipinski definition) is 1. The maximum absolute atomic E-state index is 9.24. The summed E-state index contributed by atoms with van der Waals surface area (Å²) in [4.78, 5) is 0. The van der Waals surface area contributed by atoms with Crippen LogP contribution in [0.15, 0.2) is 10.6 Å². The van der Waals surface area contributed by atoms with Gasteiger partial charge < -0.3 is 0 Å². The number of hydrogen-bond donors (Lipinski definition) is 0. The van der Waals surface area contributed by atoms with Gasteiger partial charge in [-0.05, 0) is 31.6 Å². The molecule has 0 aromatic carbocycles. The van der Waals surface area contributed by atoms with Crippen molar-refractivity contribution >= 4 is 11.6 Å². The summed E-state index contributed by atoms with van der Waals surface area (Å²) in [7, 11) is 0. The molecule has 0 heterocycles. The van der Waals surface area contributed by atoms with E-state index in [9.17, 15) is 5.26 Å². The second-order valence-electron chi connectivity index (χ2n) is 5.74. The van der Waals surface area contributed by atoms with Crippen molar-refractivity contribution in [2.75, 3.05) is 0 Å². The van der Waals surface area contributed by atoms with Crippen LogP contribution in [0.5, 0.6) is 0 Å². The van der Waals surface area contributed by atoms with Gasteiger partial charge in [-0.2, -0.15) is 5.26 Å². The molecule has 96 valence electrons. The Kier molecular flexibility index (Phi) is 5.53. The van der Waals surface area contributed by atoms with Gasteiger partial charge in [0, 0.05) is 16.0 Å². The van der Waals surface area contributed by atoms with E-state index in [0.717, 1.165) is 29.9 Å². The lowest BCUT2D eigenvalue weighted by atomic mass is 9.76. The molecule has 1 aliphatic carbocycles. The fourth-order valence-corrected chi connectivity index (χ4v) is 3.53. The monoisotopic (exact) mass is 253 g/mol. The minimum Gasteiger partial charge on any atom is -0.193 e. The van der Waals surface area contributed by atoms with E-state index in [4.69, 9.17) is 11.6 Å². The minimum atomic E-state index is 0.121. The van der Waals surface area contributed by atoms with Crippen LogP contribution in [0, 0.1) is 22.7 Å². The SMILES string of the molecule is CCCC(C#N)=C(Cl)C1(CC(C)C)CCCC1. The first kappa shape index (κ1) is 14.6. The Bertz CT molecular complexity index is 316. The molecule has 1 rings (SSSR count). The largest absolute Gasteiger partial charge is 0.193 e. The van der Waals surface area contributed by atoms with E-state index in [1.165, 1.54) is 25.7 Å². The summed E-state index contributed by atoms with van der Waals surface area (Å²) < 4.78 is 0. The fourth-order valence-electron chi connectivity index (χ4n) is 3.13. The second-order valence-corrected chi connectivity index (χ2v) is 6.12. The Morgan fingerprint density at radius 2 is 1.94 bits per heavy atom. The summed E-state index contributed by atoms with van der Waals surface area (Å²) in [5.41, 5.74) is 0.951. The maximum atomic E-state index is 9.24. The van der Waals surface area contributed by atoms with Gasteiger partial charge in [0.2, 0.25) is 0 Å². The maximum Gasteiger partial charge on any atom is 0.0959 e. The zero-order chi connectivity index (χ0) is 12.9. The molecule has 1 saturated carbocycles. The summed E-state index contributed by atoms with van der Waals surface area (Å²) in [5.74, 6) is 0.642. The summed E-state index contributed by atoms with van der Waals surface area (Å²) in [6.45, 7) is 6.59. The van der Waals surface area contributed by atoms with Crippen molar-refractivity contribution in [3.63, 3.8) is 0 Å². The van der Waals surface area contributed by atoms with Crippen LogP contribution >= 0.6 is 11.6 Å². The zero-order valence-electron chi connectivity index (χ0n) is 11.4. The van der Waals surface area contributed by atoms with E-state index < -0.39 is 0 Å². The molecule has 0 radical (unpaired) electrons. The van der Waals surface area contributed by atoms with Gasteiger partial charge in [-0.15, -0.1) is 0 Å². The average Bonchev–Trinajstić information content (AvgIpc) is 2.73. The van der Waals surface area contributed by atoms with E-state index in [0.29, 0.717) is 5.92 Å². The van der Waals surface area contributed by atoms with Crippen LogP contribution in [0.1, 0.15) is 65.7 Å². The van der Waals surface area contributed by atoms with Gasteiger partial charge in [0.15, 0.2) is 0 Å². The molecule has 0 N–H and O–H groups in total. The molecule has 0 aromatic rings. The molecule has 0 amide bonds. The van der Waals surface area contributed by atoms with E-state index in [2.05, 4.69) is 26.8 Å². The van der Waals surface area contributed by atoms with Crippen molar-refractivity contribution < 1.29 is 0 Å². The van der Waals surface area contributed by atoms with Crippen LogP contribution in [-0.2, 0) is 0 Å². The Hall–Kier alpha value is -0.480. The number of rotatable bonds is 5. The number of allylic oxidation sites excluding steroid dienone is 2. The third-order valence-corrected chi connectivity index (χ3v) is 4.35. The second kappa shape index (κ2) is 6.45. The number of halogens is 1. The van der Waals surface area contributed by atoms with Crippen LogP contribution in [0.3, 0.4) is 0 Å². The molecular formula is C15H24ClN. The molecule has 0 bridgehead atoms. The van der Waals surface area contributed by atoms with Crippen molar-refractivity contribution in [3.05, 3.63) is 10.6 Å². The molecule has 0 aliphatic heterocycles. The summed E-state index contributed by atoms with van der Waals surface area (Å²) in [6.07, 6.45) is 7.80. The lowest BCUT2D eigenvalue weighted by molar-refractivity contribution is 0.301. The first-order valence-corrected chi connectivity index (χ1v) is 7.22. The number of nitrogens with zero attached hydrogens (tertiary/aromatic N) is 1. The molecule has 0 saturated heterocycles. The topological polar surface area (TPSA) is 23.8 Å². The van der Waals surface area contributed by atoms with Crippen molar-refractivity contribution in [2.24, 2.45) is 11.3 Å². The van der Waals surface area contributed by atoms with Gasteiger partial charge in [-0.25, -0.2) is 0 Å². The van der Waals surface area contributed by atoms with Gasteiger partial charge in [0.25, 0.3) is 0 Å². The third-order valence-electron chi connectivity index (χ3n) is 3.73. The van der Waals surface area contributed by atoms with E-state index >= 15 is 0 Å². The highest BCUT2D eigenvalue weighted by molar-refractivity contribution is 6.31. The lowest BCUT2D eigenvalue weighted by Gasteiger charge is -2.31. The Labute approximate surface area is 111 Å². The van der Waals surface area contributed by atoms with Crippen molar-refractivity contribution in [2.45, 2.75) is 65.7 Å². The Balaban J connectivity index is 3.01. The zero-order valence-corrected chi connectivity index (χ0v) is 12.1. The summed E-state index contributed by atoms with van der Waals surface area (Å²) in [6, 6.07) is 2.33. The van der Waals surface area contributed by atoms with Crippen LogP contribution in [0.25, 0.3) is 0 Å². The molecule has 0 aromatic heterocycles. The Morgan fingerprint density at radius 1 is 1.35 bits per heavy atom. The van der Waals surface area contributed by atoms with Crippen LogP contribution in [-0.4, -0.2) is 0 Å². The molecule has 0 spiro atoms. The van der Waals surface area contributed by atoms with Crippen molar-refractivity contribution in [1.29, 1.82) is 5.26 Å². The van der Waals surface area contributed by atoms with E-state index in [-0.39, 0.29) is 5.41 Å². The molecule has 1 fully saturated rings. The van der Waals surface area contributed by atoms with Gasteiger partial charge >= 0.3 is 0 Å². The lowest BCUT2D eigenvalue weighted by Crippen LogP contribution is -2.20.